The Balaban J connectivity index is 1.36. The van der Waals surface area contributed by atoms with Crippen molar-refractivity contribution in [3.63, 3.8) is 0 Å². The highest BCUT2D eigenvalue weighted by molar-refractivity contribution is 7.21. The fourth-order valence-corrected chi connectivity index (χ4v) is 5.50. The molecule has 1 aliphatic rings. The molecule has 0 amide bonds. The van der Waals surface area contributed by atoms with Crippen LogP contribution in [0.1, 0.15) is 39.6 Å². The average Bonchev–Trinajstić information content (AvgIpc) is 3.25. The highest BCUT2D eigenvalue weighted by atomic mass is 32.1. The van der Waals surface area contributed by atoms with Crippen LogP contribution in [0.2, 0.25) is 0 Å². The summed E-state index contributed by atoms with van der Waals surface area (Å²) in [6.07, 6.45) is 3.05. The lowest BCUT2D eigenvalue weighted by Gasteiger charge is -2.43. The fraction of sp³-hybridized carbons (Fsp3) is 0.417. The average molecular weight is 466 g/mol. The van der Waals surface area contributed by atoms with E-state index in [9.17, 15) is 4.39 Å². The lowest BCUT2D eigenvalue weighted by molar-refractivity contribution is 0.309. The Morgan fingerprint density at radius 1 is 1.09 bits per heavy atom. The second kappa shape index (κ2) is 8.37. The van der Waals surface area contributed by atoms with E-state index in [0.717, 1.165) is 45.7 Å². The Hall–Kier alpha value is -3.07. The van der Waals surface area contributed by atoms with Gasteiger partial charge in [0, 0.05) is 19.1 Å². The minimum atomic E-state index is -0.460. The summed E-state index contributed by atoms with van der Waals surface area (Å²) in [5.41, 5.74) is 2.23. The molecule has 0 aliphatic carbocycles. The first-order valence-corrected chi connectivity index (χ1v) is 12.1. The van der Waals surface area contributed by atoms with Crippen LogP contribution in [0.15, 0.2) is 30.6 Å². The Morgan fingerprint density at radius 2 is 1.88 bits per heavy atom. The number of nitrogens with zero attached hydrogens (tertiary/aromatic N) is 6. The van der Waals surface area contributed by atoms with Crippen LogP contribution < -0.4 is 10.2 Å². The number of pyridine rings is 1. The molecule has 0 aromatic carbocycles. The zero-order chi connectivity index (χ0) is 23.3. The molecule has 0 radical (unpaired) electrons. The van der Waals surface area contributed by atoms with Crippen molar-refractivity contribution in [1.29, 1.82) is 0 Å². The van der Waals surface area contributed by atoms with Gasteiger partial charge in [0.25, 0.3) is 0 Å². The van der Waals surface area contributed by atoms with E-state index in [-0.39, 0.29) is 11.7 Å². The minimum Gasteiger partial charge on any atom is -0.370 e. The first kappa shape index (κ1) is 21.8. The second-order valence-corrected chi connectivity index (χ2v) is 10.3. The van der Waals surface area contributed by atoms with Gasteiger partial charge in [-0.15, -0.1) is 11.3 Å². The number of thiophene rings is 1. The Bertz CT molecular complexity index is 1290. The van der Waals surface area contributed by atoms with E-state index < -0.39 is 5.82 Å². The summed E-state index contributed by atoms with van der Waals surface area (Å²) in [5, 5.41) is 3.10. The molecule has 1 saturated heterocycles. The van der Waals surface area contributed by atoms with Gasteiger partial charge < -0.3 is 14.8 Å². The lowest BCUT2D eigenvalue weighted by atomic mass is 9.88. The van der Waals surface area contributed by atoms with Gasteiger partial charge in [0.05, 0.1) is 23.0 Å². The first-order valence-electron chi connectivity index (χ1n) is 11.3. The molecule has 7 nitrogen and oxygen atoms in total. The monoisotopic (exact) mass is 465 g/mol. The van der Waals surface area contributed by atoms with Crippen molar-refractivity contribution in [3.8, 4) is 10.6 Å². The summed E-state index contributed by atoms with van der Waals surface area (Å²) in [7, 11) is 0. The molecule has 33 heavy (non-hydrogen) atoms. The maximum absolute atomic E-state index is 14.6. The van der Waals surface area contributed by atoms with Crippen LogP contribution in [-0.2, 0) is 0 Å². The summed E-state index contributed by atoms with van der Waals surface area (Å²) in [6.45, 7) is 12.9. The molecule has 1 aliphatic heterocycles. The van der Waals surface area contributed by atoms with Gasteiger partial charge in [-0.25, -0.2) is 24.3 Å². The van der Waals surface area contributed by atoms with Crippen molar-refractivity contribution in [2.45, 2.75) is 40.7 Å². The van der Waals surface area contributed by atoms with E-state index in [1.807, 2.05) is 31.3 Å². The largest absolute Gasteiger partial charge is 0.370 e. The number of hydrogen-bond acceptors (Lipinski definition) is 7. The van der Waals surface area contributed by atoms with E-state index in [1.165, 1.54) is 17.5 Å². The smallest absolute Gasteiger partial charge is 0.229 e. The number of fused-ring (bicyclic) bond motifs is 1. The first-order chi connectivity index (χ1) is 15.8. The van der Waals surface area contributed by atoms with E-state index in [2.05, 4.69) is 62.4 Å². The van der Waals surface area contributed by atoms with E-state index >= 15 is 0 Å². The van der Waals surface area contributed by atoms with Gasteiger partial charge >= 0.3 is 0 Å². The Morgan fingerprint density at radius 3 is 2.55 bits per heavy atom. The number of aryl methyl sites for hydroxylation is 1. The van der Waals surface area contributed by atoms with Crippen molar-refractivity contribution < 1.29 is 4.39 Å². The van der Waals surface area contributed by atoms with Gasteiger partial charge in [-0.3, -0.25) is 0 Å². The van der Waals surface area contributed by atoms with Gasteiger partial charge in [0.1, 0.15) is 27.7 Å². The molecule has 0 saturated carbocycles. The third-order valence-electron chi connectivity index (χ3n) is 6.24. The minimum absolute atomic E-state index is 0.264. The second-order valence-electron chi connectivity index (χ2n) is 9.25. The molecular weight excluding hydrogens is 437 g/mol. The maximum Gasteiger partial charge on any atom is 0.229 e. The van der Waals surface area contributed by atoms with Crippen LogP contribution in [0.4, 0.5) is 21.8 Å². The number of halogens is 1. The van der Waals surface area contributed by atoms with Gasteiger partial charge in [-0.1, -0.05) is 13.8 Å². The molecule has 4 aromatic heterocycles. The lowest BCUT2D eigenvalue weighted by Crippen LogP contribution is -2.49. The van der Waals surface area contributed by atoms with Crippen molar-refractivity contribution in [2.24, 2.45) is 11.8 Å². The molecule has 0 atom stereocenters. The van der Waals surface area contributed by atoms with E-state index in [0.29, 0.717) is 17.7 Å². The number of hydrogen-bond donors (Lipinski definition) is 1. The number of nitrogens with one attached hydrogen (secondary N) is 1. The molecule has 0 spiro atoms. The summed E-state index contributed by atoms with van der Waals surface area (Å²) in [4.78, 5) is 21.8. The predicted molar refractivity (Wildman–Crippen MR) is 132 cm³/mol. The van der Waals surface area contributed by atoms with E-state index in [4.69, 9.17) is 0 Å². The van der Waals surface area contributed by atoms with Crippen molar-refractivity contribution >= 4 is 39.1 Å². The van der Waals surface area contributed by atoms with Crippen LogP contribution in [0.5, 0.6) is 0 Å². The highest BCUT2D eigenvalue weighted by Gasteiger charge is 2.29. The quantitative estimate of drug-likeness (QED) is 0.387. The summed E-state index contributed by atoms with van der Waals surface area (Å²) < 4.78 is 16.8. The molecule has 5 heterocycles. The third-order valence-corrected chi connectivity index (χ3v) is 7.37. The number of imidazole rings is 1. The molecule has 0 unspecified atom stereocenters. The molecule has 0 bridgehead atoms. The SMILES string of the molecule is Cc1nc2cc(-c3nc(Nc4ccc(N5CC(C(C)C)C5)cn4)ncc3F)sc2n1C(C)C. The molecule has 4 aromatic rings. The number of anilines is 3. The topological polar surface area (TPSA) is 71.8 Å². The zero-order valence-electron chi connectivity index (χ0n) is 19.5. The van der Waals surface area contributed by atoms with Gasteiger partial charge in [-0.2, -0.15) is 0 Å². The number of aromatic nitrogens is 5. The van der Waals surface area contributed by atoms with Crippen molar-refractivity contribution in [3.05, 3.63) is 42.2 Å². The van der Waals surface area contributed by atoms with Crippen LogP contribution in [0.25, 0.3) is 20.9 Å². The van der Waals surface area contributed by atoms with Crippen LogP contribution in [0.3, 0.4) is 0 Å². The molecule has 9 heteroatoms. The number of rotatable bonds is 6. The highest BCUT2D eigenvalue weighted by Crippen LogP contribution is 2.36. The summed E-state index contributed by atoms with van der Waals surface area (Å²) >= 11 is 1.49. The molecule has 1 fully saturated rings. The van der Waals surface area contributed by atoms with Crippen LogP contribution in [0, 0.1) is 24.6 Å². The normalized spacial score (nSPS) is 14.5. The zero-order valence-corrected chi connectivity index (χ0v) is 20.3. The van der Waals surface area contributed by atoms with Crippen molar-refractivity contribution in [2.75, 3.05) is 23.3 Å². The van der Waals surface area contributed by atoms with Gasteiger partial charge in [0.2, 0.25) is 5.95 Å². The van der Waals surface area contributed by atoms with Crippen molar-refractivity contribution in [1.82, 2.24) is 24.5 Å². The standard InChI is InChI=1S/C24H28FN7S/c1-13(2)16-11-31(12-16)17-6-7-21(26-9-17)29-24-27-10-18(25)22(30-24)20-8-19-23(33-20)32(14(3)4)15(5)28-19/h6-10,13-14,16H,11-12H2,1-5H3,(H,26,27,29,30). The molecule has 172 valence electrons. The van der Waals surface area contributed by atoms with Crippen LogP contribution >= 0.6 is 11.3 Å². The summed E-state index contributed by atoms with van der Waals surface area (Å²) in [5.74, 6) is 2.87. The Kier molecular flexibility index (Phi) is 5.52. The van der Waals surface area contributed by atoms with Gasteiger partial charge in [-0.05, 0) is 50.8 Å². The third kappa shape index (κ3) is 4.06. The molecular formula is C24H28FN7S. The molecule has 1 N–H and O–H groups in total. The Labute approximate surface area is 196 Å². The predicted octanol–water partition coefficient (Wildman–Crippen LogP) is 5.81. The van der Waals surface area contributed by atoms with Crippen LogP contribution in [-0.4, -0.2) is 37.6 Å². The molecule has 5 rings (SSSR count). The van der Waals surface area contributed by atoms with E-state index in [1.54, 1.807) is 0 Å². The maximum atomic E-state index is 14.6. The van der Waals surface area contributed by atoms with Gasteiger partial charge in [0.15, 0.2) is 5.82 Å². The summed E-state index contributed by atoms with van der Waals surface area (Å²) in [6, 6.07) is 6.12. The fourth-order valence-electron chi connectivity index (χ4n) is 4.23.